The zero-order chi connectivity index (χ0) is 19.9. The van der Waals surface area contributed by atoms with Crippen LogP contribution in [0.2, 0.25) is 0 Å². The molecule has 3 rings (SSSR count). The summed E-state index contributed by atoms with van der Waals surface area (Å²) < 4.78 is 5.62. The Balaban J connectivity index is 1.79. The Kier molecular flexibility index (Phi) is 5.91. The molecule has 0 fully saturated rings. The van der Waals surface area contributed by atoms with Gasteiger partial charge < -0.3 is 26.4 Å². The van der Waals surface area contributed by atoms with Gasteiger partial charge in [0.25, 0.3) is 0 Å². The van der Waals surface area contributed by atoms with E-state index in [2.05, 4.69) is 25.9 Å². The Bertz CT molecular complexity index is 959. The number of nitrogens with one attached hydrogen (secondary N) is 3. The van der Waals surface area contributed by atoms with Gasteiger partial charge in [-0.15, -0.1) is 0 Å². The van der Waals surface area contributed by atoms with Crippen molar-refractivity contribution >= 4 is 40.3 Å². The Morgan fingerprint density at radius 1 is 1.00 bits per heavy atom. The summed E-state index contributed by atoms with van der Waals surface area (Å²) in [6, 6.07) is 14.8. The first kappa shape index (κ1) is 19.0. The van der Waals surface area contributed by atoms with Crippen molar-refractivity contribution in [3.8, 4) is 5.75 Å². The zero-order valence-electron chi connectivity index (χ0n) is 15.7. The van der Waals surface area contributed by atoms with Crippen LogP contribution in [0.25, 0.3) is 0 Å². The van der Waals surface area contributed by atoms with Gasteiger partial charge in [-0.25, -0.2) is 9.97 Å². The fourth-order valence-electron chi connectivity index (χ4n) is 2.55. The van der Waals surface area contributed by atoms with Crippen LogP contribution in [0.5, 0.6) is 5.75 Å². The van der Waals surface area contributed by atoms with Crippen LogP contribution in [0.3, 0.4) is 0 Å². The Morgan fingerprint density at radius 3 is 2.32 bits per heavy atom. The van der Waals surface area contributed by atoms with E-state index in [0.717, 1.165) is 11.4 Å². The number of nitrogen functional groups attached to an aromatic ring is 1. The number of para-hydroxylation sites is 2. The van der Waals surface area contributed by atoms with Gasteiger partial charge in [-0.1, -0.05) is 12.1 Å². The standard InChI is InChI=1S/C20H22N6O2/c1-3-28-17-7-5-4-6-16(17)26-20-18(21)19(22-12-23-20)25-15-10-8-14(9-11-15)24-13(2)27/h4-12H,3,21H2,1-2H3,(H,24,27)(H2,22,23,25,26). The number of nitrogens with two attached hydrogens (primary N) is 1. The zero-order valence-corrected chi connectivity index (χ0v) is 15.7. The van der Waals surface area contributed by atoms with E-state index >= 15 is 0 Å². The number of amides is 1. The van der Waals surface area contributed by atoms with Crippen molar-refractivity contribution < 1.29 is 9.53 Å². The monoisotopic (exact) mass is 378 g/mol. The van der Waals surface area contributed by atoms with Gasteiger partial charge in [-0.05, 0) is 43.3 Å². The molecule has 0 aliphatic rings. The van der Waals surface area contributed by atoms with Gasteiger partial charge in [0.05, 0.1) is 12.3 Å². The first-order valence-electron chi connectivity index (χ1n) is 8.81. The fourth-order valence-corrected chi connectivity index (χ4v) is 2.55. The number of nitrogens with zero attached hydrogens (tertiary/aromatic N) is 2. The Morgan fingerprint density at radius 2 is 1.64 bits per heavy atom. The second-order valence-electron chi connectivity index (χ2n) is 5.92. The Hall–Kier alpha value is -3.81. The maximum atomic E-state index is 11.1. The highest BCUT2D eigenvalue weighted by molar-refractivity contribution is 5.89. The second kappa shape index (κ2) is 8.72. The second-order valence-corrected chi connectivity index (χ2v) is 5.92. The number of hydrogen-bond donors (Lipinski definition) is 4. The van der Waals surface area contributed by atoms with Crippen LogP contribution >= 0.6 is 0 Å². The number of benzene rings is 2. The van der Waals surface area contributed by atoms with Crippen molar-refractivity contribution in [2.24, 2.45) is 0 Å². The van der Waals surface area contributed by atoms with Crippen LogP contribution in [0.1, 0.15) is 13.8 Å². The number of hydrogen-bond acceptors (Lipinski definition) is 7. The van der Waals surface area contributed by atoms with Crippen molar-refractivity contribution in [2.75, 3.05) is 28.3 Å². The van der Waals surface area contributed by atoms with Crippen LogP contribution in [-0.2, 0) is 4.79 Å². The van der Waals surface area contributed by atoms with Gasteiger partial charge in [0.1, 0.15) is 17.8 Å². The van der Waals surface area contributed by atoms with Crippen molar-refractivity contribution in [2.45, 2.75) is 13.8 Å². The molecule has 0 saturated heterocycles. The molecule has 0 saturated carbocycles. The van der Waals surface area contributed by atoms with Crippen molar-refractivity contribution in [1.29, 1.82) is 0 Å². The highest BCUT2D eigenvalue weighted by Gasteiger charge is 2.11. The first-order chi connectivity index (χ1) is 13.6. The smallest absolute Gasteiger partial charge is 0.221 e. The molecule has 0 atom stereocenters. The first-order valence-corrected chi connectivity index (χ1v) is 8.81. The van der Waals surface area contributed by atoms with E-state index in [0.29, 0.717) is 35.4 Å². The van der Waals surface area contributed by atoms with E-state index in [1.165, 1.54) is 13.3 Å². The third kappa shape index (κ3) is 4.67. The molecule has 0 unspecified atom stereocenters. The average molecular weight is 378 g/mol. The lowest BCUT2D eigenvalue weighted by atomic mass is 10.2. The minimum atomic E-state index is -0.121. The summed E-state index contributed by atoms with van der Waals surface area (Å²) in [5.41, 5.74) is 8.88. The van der Waals surface area contributed by atoms with Crippen LogP contribution < -0.4 is 26.4 Å². The maximum absolute atomic E-state index is 11.1. The molecule has 1 amide bonds. The number of aromatic nitrogens is 2. The van der Waals surface area contributed by atoms with Crippen LogP contribution in [-0.4, -0.2) is 22.5 Å². The maximum Gasteiger partial charge on any atom is 0.221 e. The molecule has 0 aliphatic carbocycles. The highest BCUT2D eigenvalue weighted by atomic mass is 16.5. The van der Waals surface area contributed by atoms with Gasteiger partial charge in [-0.3, -0.25) is 4.79 Å². The molecule has 1 heterocycles. The van der Waals surface area contributed by atoms with Crippen LogP contribution in [0.15, 0.2) is 54.9 Å². The Labute approximate surface area is 163 Å². The molecule has 0 radical (unpaired) electrons. The van der Waals surface area contributed by atoms with Gasteiger partial charge in [0, 0.05) is 18.3 Å². The summed E-state index contributed by atoms with van der Waals surface area (Å²) in [5, 5.41) is 9.07. The normalized spacial score (nSPS) is 10.2. The molecule has 2 aromatic carbocycles. The lowest BCUT2D eigenvalue weighted by molar-refractivity contribution is -0.114. The summed E-state index contributed by atoms with van der Waals surface area (Å²) in [6.45, 7) is 3.94. The van der Waals surface area contributed by atoms with Gasteiger partial charge in [0.15, 0.2) is 11.6 Å². The lowest BCUT2D eigenvalue weighted by Gasteiger charge is -2.15. The predicted molar refractivity (Wildman–Crippen MR) is 111 cm³/mol. The van der Waals surface area contributed by atoms with E-state index in [1.807, 2.05) is 43.3 Å². The minimum Gasteiger partial charge on any atom is -0.492 e. The number of carbonyl (C=O) groups is 1. The van der Waals surface area contributed by atoms with E-state index in [9.17, 15) is 4.79 Å². The molecule has 8 nitrogen and oxygen atoms in total. The number of ether oxygens (including phenoxy) is 1. The molecule has 144 valence electrons. The summed E-state index contributed by atoms with van der Waals surface area (Å²) in [6.07, 6.45) is 1.43. The topological polar surface area (TPSA) is 114 Å². The van der Waals surface area contributed by atoms with Gasteiger partial charge in [-0.2, -0.15) is 0 Å². The molecule has 28 heavy (non-hydrogen) atoms. The molecule has 1 aromatic heterocycles. The van der Waals surface area contributed by atoms with Gasteiger partial charge >= 0.3 is 0 Å². The summed E-state index contributed by atoms with van der Waals surface area (Å²) in [4.78, 5) is 19.6. The van der Waals surface area contributed by atoms with Crippen LogP contribution in [0.4, 0.5) is 34.4 Å². The van der Waals surface area contributed by atoms with E-state index in [-0.39, 0.29) is 5.91 Å². The molecule has 0 bridgehead atoms. The number of anilines is 6. The van der Waals surface area contributed by atoms with Crippen molar-refractivity contribution in [3.05, 3.63) is 54.9 Å². The predicted octanol–water partition coefficient (Wildman–Crippen LogP) is 3.90. The molecule has 5 N–H and O–H groups in total. The molecule has 0 aliphatic heterocycles. The van der Waals surface area contributed by atoms with E-state index in [1.54, 1.807) is 12.1 Å². The molecule has 8 heteroatoms. The molecular weight excluding hydrogens is 356 g/mol. The van der Waals surface area contributed by atoms with E-state index in [4.69, 9.17) is 10.5 Å². The summed E-state index contributed by atoms with van der Waals surface area (Å²) in [5.74, 6) is 1.54. The average Bonchev–Trinajstić information content (AvgIpc) is 2.68. The lowest BCUT2D eigenvalue weighted by Crippen LogP contribution is -2.07. The van der Waals surface area contributed by atoms with Crippen LogP contribution in [0, 0.1) is 0 Å². The third-order valence-electron chi connectivity index (χ3n) is 3.79. The van der Waals surface area contributed by atoms with E-state index < -0.39 is 0 Å². The summed E-state index contributed by atoms with van der Waals surface area (Å²) in [7, 11) is 0. The largest absolute Gasteiger partial charge is 0.492 e. The molecule has 3 aromatic rings. The third-order valence-corrected chi connectivity index (χ3v) is 3.79. The SMILES string of the molecule is CCOc1ccccc1Nc1ncnc(Nc2ccc(NC(C)=O)cc2)c1N. The fraction of sp³-hybridized carbons (Fsp3) is 0.150. The van der Waals surface area contributed by atoms with Gasteiger partial charge in [0.2, 0.25) is 5.91 Å². The minimum absolute atomic E-state index is 0.121. The van der Waals surface area contributed by atoms with Crippen molar-refractivity contribution in [1.82, 2.24) is 9.97 Å². The number of carbonyl (C=O) groups excluding carboxylic acids is 1. The molecular formula is C20H22N6O2. The van der Waals surface area contributed by atoms with Crippen molar-refractivity contribution in [3.63, 3.8) is 0 Å². The molecule has 0 spiro atoms. The highest BCUT2D eigenvalue weighted by Crippen LogP contribution is 2.32. The quantitative estimate of drug-likeness (QED) is 0.493. The summed E-state index contributed by atoms with van der Waals surface area (Å²) >= 11 is 0. The number of rotatable bonds is 7.